The normalized spacial score (nSPS) is 21.8. The van der Waals surface area contributed by atoms with Crippen LogP contribution in [0.1, 0.15) is 34.8 Å². The standard InChI is InChI=1S/C16H24N6O2/c1-4-22-5-6-24-14(15(22)12-7-19-21(3)10-12)9-18-16(23)13-8-17-11(2)20-13/h7-8,10,14-15H,4-6,9H2,1-3H3,(H,17,20)(H,18,23)/t14-,15-/m0/s1. The van der Waals surface area contributed by atoms with Crippen molar-refractivity contribution in [2.75, 3.05) is 26.2 Å². The van der Waals surface area contributed by atoms with E-state index in [0.717, 1.165) is 24.5 Å². The summed E-state index contributed by atoms with van der Waals surface area (Å²) in [6, 6.07) is 0.0845. The second-order valence-corrected chi connectivity index (χ2v) is 6.02. The van der Waals surface area contributed by atoms with Crippen molar-refractivity contribution in [1.29, 1.82) is 0 Å². The summed E-state index contributed by atoms with van der Waals surface area (Å²) in [6.07, 6.45) is 5.31. The van der Waals surface area contributed by atoms with Crippen molar-refractivity contribution in [3.63, 3.8) is 0 Å². The molecule has 0 saturated carbocycles. The van der Waals surface area contributed by atoms with E-state index in [4.69, 9.17) is 4.74 Å². The van der Waals surface area contributed by atoms with E-state index in [1.54, 1.807) is 10.9 Å². The van der Waals surface area contributed by atoms with Crippen molar-refractivity contribution in [2.45, 2.75) is 26.0 Å². The molecule has 2 aromatic heterocycles. The molecule has 3 rings (SSSR count). The van der Waals surface area contributed by atoms with Crippen molar-refractivity contribution in [1.82, 2.24) is 30.0 Å². The van der Waals surface area contributed by atoms with Gasteiger partial charge in [-0.25, -0.2) is 4.98 Å². The number of hydrogen-bond acceptors (Lipinski definition) is 5. The minimum Gasteiger partial charge on any atom is -0.373 e. The van der Waals surface area contributed by atoms with Crippen molar-refractivity contribution in [3.8, 4) is 0 Å². The molecule has 1 saturated heterocycles. The maximum absolute atomic E-state index is 12.2. The van der Waals surface area contributed by atoms with Gasteiger partial charge in [0.15, 0.2) is 0 Å². The molecular formula is C16H24N6O2. The van der Waals surface area contributed by atoms with Gasteiger partial charge in [-0.1, -0.05) is 6.92 Å². The van der Waals surface area contributed by atoms with E-state index in [1.165, 1.54) is 0 Å². The predicted octanol–water partition coefficient (Wildman–Crippen LogP) is 0.643. The number of morpholine rings is 1. The van der Waals surface area contributed by atoms with E-state index in [-0.39, 0.29) is 18.1 Å². The van der Waals surface area contributed by atoms with E-state index in [2.05, 4.69) is 32.2 Å². The molecule has 8 heteroatoms. The minimum atomic E-state index is -0.169. The molecule has 1 aliphatic rings. The zero-order valence-corrected chi connectivity index (χ0v) is 14.3. The lowest BCUT2D eigenvalue weighted by molar-refractivity contribution is -0.0685. The Balaban J connectivity index is 1.70. The van der Waals surface area contributed by atoms with Crippen molar-refractivity contribution >= 4 is 5.91 Å². The maximum Gasteiger partial charge on any atom is 0.269 e. The van der Waals surface area contributed by atoms with Crippen molar-refractivity contribution in [3.05, 3.63) is 35.7 Å². The van der Waals surface area contributed by atoms with Gasteiger partial charge in [-0.05, 0) is 13.5 Å². The molecule has 0 unspecified atom stereocenters. The number of nitrogens with one attached hydrogen (secondary N) is 2. The molecule has 1 amide bonds. The third kappa shape index (κ3) is 3.49. The van der Waals surface area contributed by atoms with Crippen LogP contribution in [-0.2, 0) is 11.8 Å². The van der Waals surface area contributed by atoms with Crippen LogP contribution in [-0.4, -0.2) is 62.9 Å². The molecule has 24 heavy (non-hydrogen) atoms. The Morgan fingerprint density at radius 2 is 2.33 bits per heavy atom. The molecule has 0 bridgehead atoms. The first kappa shape index (κ1) is 16.7. The molecule has 3 heterocycles. The number of likely N-dealkylation sites (N-methyl/N-ethyl adjacent to an activating group) is 1. The highest BCUT2D eigenvalue weighted by Gasteiger charge is 2.33. The van der Waals surface area contributed by atoms with Crippen LogP contribution in [0.3, 0.4) is 0 Å². The van der Waals surface area contributed by atoms with Crippen molar-refractivity contribution < 1.29 is 9.53 Å². The van der Waals surface area contributed by atoms with E-state index >= 15 is 0 Å². The van der Waals surface area contributed by atoms with Crippen LogP contribution >= 0.6 is 0 Å². The van der Waals surface area contributed by atoms with Crippen LogP contribution in [0.15, 0.2) is 18.6 Å². The van der Waals surface area contributed by atoms with Crippen molar-refractivity contribution in [2.24, 2.45) is 7.05 Å². The van der Waals surface area contributed by atoms with Crippen LogP contribution < -0.4 is 5.32 Å². The summed E-state index contributed by atoms with van der Waals surface area (Å²) in [5.74, 6) is 0.553. The average molecular weight is 332 g/mol. The summed E-state index contributed by atoms with van der Waals surface area (Å²) in [5, 5.41) is 7.22. The Morgan fingerprint density at radius 1 is 1.50 bits per heavy atom. The van der Waals surface area contributed by atoms with Gasteiger partial charge in [0.05, 0.1) is 31.1 Å². The fraction of sp³-hybridized carbons (Fsp3) is 0.562. The summed E-state index contributed by atoms with van der Waals surface area (Å²) < 4.78 is 7.75. The quantitative estimate of drug-likeness (QED) is 0.839. The molecular weight excluding hydrogens is 308 g/mol. The lowest BCUT2D eigenvalue weighted by atomic mass is 10.0. The Hall–Kier alpha value is -2.19. The minimum absolute atomic E-state index is 0.0845. The third-order valence-corrected chi connectivity index (χ3v) is 4.34. The van der Waals surface area contributed by atoms with Gasteiger partial charge in [0.2, 0.25) is 0 Å². The Bertz CT molecular complexity index is 694. The van der Waals surface area contributed by atoms with Gasteiger partial charge in [-0.15, -0.1) is 0 Å². The third-order valence-electron chi connectivity index (χ3n) is 4.34. The number of amides is 1. The molecule has 2 aromatic rings. The number of nitrogens with zero attached hydrogens (tertiary/aromatic N) is 4. The van der Waals surface area contributed by atoms with Crippen LogP contribution in [0.2, 0.25) is 0 Å². The lowest BCUT2D eigenvalue weighted by Gasteiger charge is -2.40. The molecule has 0 aliphatic carbocycles. The molecule has 1 fully saturated rings. The SMILES string of the molecule is CCN1CCO[C@@H](CNC(=O)c2cnc(C)[nH]2)[C@@H]1c1cnn(C)c1. The van der Waals surface area contributed by atoms with E-state index in [9.17, 15) is 4.79 Å². The molecule has 2 atom stereocenters. The van der Waals surface area contributed by atoms with Crippen LogP contribution in [0, 0.1) is 6.92 Å². The first-order chi connectivity index (χ1) is 11.6. The summed E-state index contributed by atoms with van der Waals surface area (Å²) in [6.45, 7) is 6.85. The van der Waals surface area contributed by atoms with Crippen LogP contribution in [0.4, 0.5) is 0 Å². The Kier molecular flexibility index (Phi) is 4.96. The second-order valence-electron chi connectivity index (χ2n) is 6.02. The fourth-order valence-corrected chi connectivity index (χ4v) is 3.16. The number of H-pyrrole nitrogens is 1. The van der Waals surface area contributed by atoms with E-state index in [1.807, 2.05) is 26.4 Å². The zero-order chi connectivity index (χ0) is 17.1. The Labute approximate surface area is 141 Å². The van der Waals surface area contributed by atoms with Gasteiger partial charge in [0.25, 0.3) is 5.91 Å². The monoisotopic (exact) mass is 332 g/mol. The summed E-state index contributed by atoms with van der Waals surface area (Å²) in [7, 11) is 1.90. The van der Waals surface area contributed by atoms with Crippen LogP contribution in [0.25, 0.3) is 0 Å². The molecule has 8 nitrogen and oxygen atoms in total. The molecule has 2 N–H and O–H groups in total. The highest BCUT2D eigenvalue weighted by molar-refractivity contribution is 5.92. The van der Waals surface area contributed by atoms with E-state index in [0.29, 0.717) is 18.8 Å². The predicted molar refractivity (Wildman–Crippen MR) is 88.6 cm³/mol. The summed E-state index contributed by atoms with van der Waals surface area (Å²) in [4.78, 5) is 21.6. The first-order valence-corrected chi connectivity index (χ1v) is 8.22. The van der Waals surface area contributed by atoms with Gasteiger partial charge < -0.3 is 15.0 Å². The van der Waals surface area contributed by atoms with Gasteiger partial charge in [-0.3, -0.25) is 14.4 Å². The Morgan fingerprint density at radius 3 is 2.96 bits per heavy atom. The number of hydrogen-bond donors (Lipinski definition) is 2. The number of aromatic nitrogens is 4. The number of rotatable bonds is 5. The molecule has 0 aromatic carbocycles. The molecule has 0 spiro atoms. The molecule has 130 valence electrons. The van der Waals surface area contributed by atoms with Gasteiger partial charge in [0.1, 0.15) is 11.5 Å². The van der Waals surface area contributed by atoms with E-state index < -0.39 is 0 Å². The maximum atomic E-state index is 12.2. The summed E-state index contributed by atoms with van der Waals surface area (Å²) in [5.41, 5.74) is 1.57. The second kappa shape index (κ2) is 7.14. The fourth-order valence-electron chi connectivity index (χ4n) is 3.16. The lowest BCUT2D eigenvalue weighted by Crippen LogP contribution is -2.49. The van der Waals surface area contributed by atoms with Crippen LogP contribution in [0.5, 0.6) is 0 Å². The van der Waals surface area contributed by atoms with Gasteiger partial charge in [0, 0.05) is 31.9 Å². The molecule has 1 aliphatic heterocycles. The average Bonchev–Trinajstić information content (AvgIpc) is 3.20. The number of aromatic amines is 1. The number of carbonyl (C=O) groups is 1. The highest BCUT2D eigenvalue weighted by atomic mass is 16.5. The van der Waals surface area contributed by atoms with Gasteiger partial charge in [-0.2, -0.15) is 5.10 Å². The smallest absolute Gasteiger partial charge is 0.269 e. The van der Waals surface area contributed by atoms with Gasteiger partial charge >= 0.3 is 0 Å². The summed E-state index contributed by atoms with van der Waals surface area (Å²) >= 11 is 0. The topological polar surface area (TPSA) is 88.1 Å². The first-order valence-electron chi connectivity index (χ1n) is 8.22. The zero-order valence-electron chi connectivity index (χ0n) is 14.3. The number of imidazole rings is 1. The largest absolute Gasteiger partial charge is 0.373 e. The number of ether oxygens (including phenoxy) is 1. The molecule has 0 radical (unpaired) electrons. The highest BCUT2D eigenvalue weighted by Crippen LogP contribution is 2.28. The number of aryl methyl sites for hydroxylation is 2. The number of carbonyl (C=O) groups excluding carboxylic acids is 1.